The smallest absolute Gasteiger partial charge is 0.232 e. The lowest BCUT2D eigenvalue weighted by atomic mass is 9.88. The number of allylic oxidation sites excluding steroid dienone is 15. The molecule has 17 heteroatoms. The molecule has 82 heavy (non-hydrogen) atoms. The summed E-state index contributed by atoms with van der Waals surface area (Å²) in [5, 5.41) is 128. The number of nitrogens with one attached hydrogen (secondary N) is 1. The Morgan fingerprint density at radius 2 is 0.976 bits per heavy atom. The molecule has 0 aromatic carbocycles. The zero-order chi connectivity index (χ0) is 61.9. The van der Waals surface area contributed by atoms with Gasteiger partial charge in [0.05, 0.1) is 73.2 Å². The fourth-order valence-corrected chi connectivity index (χ4v) is 7.92. The molecule has 15 N–H and O–H groups in total. The summed E-state index contributed by atoms with van der Waals surface area (Å²) in [5.74, 6) is -1.78. The zero-order valence-electron chi connectivity index (χ0n) is 49.8. The molecule has 0 aliphatic rings. The van der Waals surface area contributed by atoms with Gasteiger partial charge in [0.2, 0.25) is 5.91 Å². The highest BCUT2D eigenvalue weighted by Crippen LogP contribution is 2.20. The summed E-state index contributed by atoms with van der Waals surface area (Å²) < 4.78 is 0. The van der Waals surface area contributed by atoms with Crippen molar-refractivity contribution in [2.45, 2.75) is 212 Å². The van der Waals surface area contributed by atoms with Crippen LogP contribution in [0, 0.1) is 23.2 Å². The number of hydrogen-bond donors (Lipinski definition) is 14. The first-order valence-electron chi connectivity index (χ1n) is 29.0. The molecule has 0 rings (SSSR count). The van der Waals surface area contributed by atoms with E-state index in [2.05, 4.69) is 22.5 Å². The third-order valence-electron chi connectivity index (χ3n) is 13.2. The van der Waals surface area contributed by atoms with Crippen LogP contribution < -0.4 is 11.1 Å². The van der Waals surface area contributed by atoms with Crippen LogP contribution in [0.5, 0.6) is 0 Å². The topological polar surface area (TPSA) is 327 Å². The summed E-state index contributed by atoms with van der Waals surface area (Å²) in [6, 6.07) is 0. The van der Waals surface area contributed by atoms with E-state index in [1.54, 1.807) is 70.2 Å². The fraction of sp³-hybridized carbons (Fsp3) is 0.585. The van der Waals surface area contributed by atoms with Gasteiger partial charge >= 0.3 is 0 Å². The van der Waals surface area contributed by atoms with E-state index in [0.29, 0.717) is 19.4 Å². The van der Waals surface area contributed by atoms with E-state index in [9.17, 15) is 70.9 Å². The molecule has 0 aliphatic carbocycles. The lowest BCUT2D eigenvalue weighted by Gasteiger charge is -2.25. The highest BCUT2D eigenvalue weighted by Gasteiger charge is 2.26. The molecular formula is C65H105N3O14. The van der Waals surface area contributed by atoms with Crippen LogP contribution in [0.2, 0.25) is 0 Å². The molecule has 0 fully saturated rings. The standard InChI is InChI=1S/C65H105N3O14/c1-8-9-10-11-17-20-23-30-47(2)62(81)49(4)60(79)39-25-22-19-16-14-12-13-15-18-21-24-38-59(78)48(3)61(80)46-58(77)45-55(74)36-28-35-54(73)44-57(76)43-53(72)34-27-33-51(70)41-50(69)31-26-32-52(71)42-56(75)37-29-40-67-64(66)68-63(82)65(5,6)7/h8-16,18-19,21-28,30-31,34,36,39,47-60,62,69-79,81H,17,20,29,32-33,35,37-38,40-46H2,1-7H3,(H3,66,67,68,82)/b9-8+,11-10+,13-12+,16-14+,18-15+,22-19+,24-21+,30-23+,31-26+,34-27+,36-28+,39-25+. The van der Waals surface area contributed by atoms with Crippen molar-refractivity contribution in [3.05, 3.63) is 146 Å². The third kappa shape index (κ3) is 41.9. The monoisotopic (exact) mass is 1150 g/mol. The van der Waals surface area contributed by atoms with Gasteiger partial charge in [-0.2, -0.15) is 0 Å². The summed E-state index contributed by atoms with van der Waals surface area (Å²) >= 11 is 0. The first-order chi connectivity index (χ1) is 38.8. The van der Waals surface area contributed by atoms with Crippen LogP contribution in [0.25, 0.3) is 0 Å². The lowest BCUT2D eigenvalue weighted by molar-refractivity contribution is -0.128. The Bertz CT molecular complexity index is 2120. The van der Waals surface area contributed by atoms with Gasteiger partial charge in [0.15, 0.2) is 5.96 Å². The van der Waals surface area contributed by atoms with Crippen LogP contribution in [0.3, 0.4) is 0 Å². The molecular weight excluding hydrogens is 1050 g/mol. The highest BCUT2D eigenvalue weighted by molar-refractivity contribution is 5.98. The number of nitrogens with zero attached hydrogens (tertiary/aromatic N) is 1. The number of carbonyl (C=O) groups is 2. The molecule has 0 saturated carbocycles. The minimum atomic E-state index is -1.17. The highest BCUT2D eigenvalue weighted by atomic mass is 16.3. The fourth-order valence-electron chi connectivity index (χ4n) is 7.92. The van der Waals surface area contributed by atoms with E-state index in [1.807, 2.05) is 81.5 Å². The number of Topliss-reactive ketones (excluding diaryl/α,β-unsaturated/α-hetero) is 1. The van der Waals surface area contributed by atoms with Crippen molar-refractivity contribution in [2.75, 3.05) is 6.54 Å². The molecule has 0 heterocycles. The Balaban J connectivity index is 4.47. The Labute approximate surface area is 489 Å². The van der Waals surface area contributed by atoms with E-state index >= 15 is 0 Å². The number of amides is 1. The van der Waals surface area contributed by atoms with Gasteiger partial charge in [-0.3, -0.25) is 19.9 Å². The van der Waals surface area contributed by atoms with Gasteiger partial charge in [-0.1, -0.05) is 187 Å². The molecule has 0 bridgehead atoms. The lowest BCUT2D eigenvalue weighted by Crippen LogP contribution is -2.43. The molecule has 0 saturated heterocycles. The summed E-state index contributed by atoms with van der Waals surface area (Å²) in [6.45, 7) is 12.9. The van der Waals surface area contributed by atoms with Gasteiger partial charge in [0, 0.05) is 55.4 Å². The molecule has 0 radical (unpaired) electrons. The average molecular weight is 1150 g/mol. The summed E-state index contributed by atoms with van der Waals surface area (Å²) in [5.41, 5.74) is 5.12. The van der Waals surface area contributed by atoms with Gasteiger partial charge in [-0.15, -0.1) is 0 Å². The normalized spacial score (nSPS) is 19.3. The quantitative estimate of drug-likeness (QED) is 0.0103. The number of aliphatic hydroxyl groups excluding tert-OH is 12. The minimum absolute atomic E-state index is 0.00731. The average Bonchev–Trinajstić information content (AvgIpc) is 3.41. The molecule has 15 atom stereocenters. The molecule has 0 aliphatic heterocycles. The molecule has 464 valence electrons. The molecule has 0 aromatic rings. The van der Waals surface area contributed by atoms with E-state index < -0.39 is 84.6 Å². The van der Waals surface area contributed by atoms with Crippen molar-refractivity contribution in [1.29, 1.82) is 0 Å². The van der Waals surface area contributed by atoms with Gasteiger partial charge < -0.3 is 67.0 Å². The maximum absolute atomic E-state index is 12.8. The second kappa shape index (κ2) is 46.4. The number of nitrogens with two attached hydrogens (primary N) is 1. The van der Waals surface area contributed by atoms with Crippen molar-refractivity contribution < 1.29 is 70.9 Å². The Kier molecular flexibility index (Phi) is 43.6. The maximum Gasteiger partial charge on any atom is 0.232 e. The van der Waals surface area contributed by atoms with E-state index in [1.165, 1.54) is 30.4 Å². The van der Waals surface area contributed by atoms with Crippen molar-refractivity contribution in [3.63, 3.8) is 0 Å². The number of aliphatic imine (C=N–C) groups is 1. The van der Waals surface area contributed by atoms with Crippen LogP contribution >= 0.6 is 0 Å². The number of unbranched alkanes of at least 4 members (excludes halogenated alkanes) is 1. The zero-order valence-corrected chi connectivity index (χ0v) is 49.8. The molecule has 15 unspecified atom stereocenters. The number of carbonyl (C=O) groups excluding carboxylic acids is 2. The predicted molar refractivity (Wildman–Crippen MR) is 329 cm³/mol. The number of guanidine groups is 1. The first-order valence-corrected chi connectivity index (χ1v) is 29.0. The Morgan fingerprint density at radius 1 is 0.512 bits per heavy atom. The molecule has 17 nitrogen and oxygen atoms in total. The van der Waals surface area contributed by atoms with Crippen LogP contribution in [-0.4, -0.2) is 159 Å². The minimum Gasteiger partial charge on any atom is -0.393 e. The SMILES string of the molecule is C/C=C/C=C/CC/C=C/C(C)C(O)C(C)C(O)/C=C/C=C/C=C/C=C/C=C/C=C/CC(O)C(C)C(=O)CC(O)CC(O)/C=C/CC(O)CC(O)CC(O)/C=C/CC(O)CC(O)/C=C/CC(O)CC(O)CCCN=C(N)NC(=O)C(C)(C)C. The second-order valence-electron chi connectivity index (χ2n) is 22.2. The number of ketones is 1. The van der Waals surface area contributed by atoms with Crippen LogP contribution in [-0.2, 0) is 9.59 Å². The van der Waals surface area contributed by atoms with Gasteiger partial charge in [-0.05, 0) is 71.1 Å². The Morgan fingerprint density at radius 3 is 1.51 bits per heavy atom. The summed E-state index contributed by atoms with van der Waals surface area (Å²) in [4.78, 5) is 28.8. The van der Waals surface area contributed by atoms with Crippen molar-refractivity contribution >= 4 is 17.6 Å². The van der Waals surface area contributed by atoms with Crippen molar-refractivity contribution in [2.24, 2.45) is 33.9 Å². The van der Waals surface area contributed by atoms with E-state index in [0.717, 1.165) is 12.8 Å². The summed E-state index contributed by atoms with van der Waals surface area (Å²) in [6.07, 6.45) is 33.7. The van der Waals surface area contributed by atoms with Gasteiger partial charge in [-0.25, -0.2) is 0 Å². The van der Waals surface area contributed by atoms with E-state index in [4.69, 9.17) is 5.73 Å². The van der Waals surface area contributed by atoms with Crippen molar-refractivity contribution in [1.82, 2.24) is 5.32 Å². The number of rotatable bonds is 43. The van der Waals surface area contributed by atoms with Crippen molar-refractivity contribution in [3.8, 4) is 0 Å². The van der Waals surface area contributed by atoms with Gasteiger partial charge in [0.25, 0.3) is 0 Å². The summed E-state index contributed by atoms with van der Waals surface area (Å²) in [7, 11) is 0. The Hall–Kier alpha value is -4.99. The van der Waals surface area contributed by atoms with Crippen LogP contribution in [0.1, 0.15) is 138 Å². The van der Waals surface area contributed by atoms with Gasteiger partial charge in [0.1, 0.15) is 5.78 Å². The maximum atomic E-state index is 12.8. The molecule has 1 amide bonds. The molecule has 0 aromatic heterocycles. The van der Waals surface area contributed by atoms with Crippen LogP contribution in [0.15, 0.2) is 151 Å². The second-order valence-corrected chi connectivity index (χ2v) is 22.2. The largest absolute Gasteiger partial charge is 0.393 e. The van der Waals surface area contributed by atoms with E-state index in [-0.39, 0.29) is 93.7 Å². The third-order valence-corrected chi connectivity index (χ3v) is 13.2. The predicted octanol–water partition coefficient (Wildman–Crippen LogP) is 6.43. The molecule has 0 spiro atoms. The first kappa shape index (κ1) is 77.0. The number of hydrogen-bond acceptors (Lipinski definition) is 15. The van der Waals surface area contributed by atoms with Crippen LogP contribution in [0.4, 0.5) is 0 Å². The number of aliphatic hydroxyl groups is 12.